The van der Waals surface area contributed by atoms with Gasteiger partial charge in [0.1, 0.15) is 0 Å². The van der Waals surface area contributed by atoms with Gasteiger partial charge in [-0.3, -0.25) is 14.9 Å². The molecule has 3 rings (SSSR count). The Balaban J connectivity index is 2.07. The number of non-ortho nitro benzene ring substituents is 1. The molecule has 27 heavy (non-hydrogen) atoms. The lowest BCUT2D eigenvalue weighted by Gasteiger charge is -2.39. The number of carbonyl (C=O) groups excluding carboxylic acids is 2. The highest BCUT2D eigenvalue weighted by molar-refractivity contribution is 8.28. The summed E-state index contributed by atoms with van der Waals surface area (Å²) in [5.74, 6) is -0.677. The second-order valence-electron chi connectivity index (χ2n) is 5.76. The molecule has 0 amide bonds. The number of carbonyl (C=O) groups is 2. The van der Waals surface area contributed by atoms with Crippen LogP contribution < -0.4 is 5.01 Å². The number of allylic oxidation sites excluding steroid dienone is 2. The Labute approximate surface area is 163 Å². The molecule has 0 radical (unpaired) electrons. The fraction of sp³-hybridized carbons (Fsp3) is 0.312. The maximum absolute atomic E-state index is 12.1. The number of ether oxygens (including phenoxy) is 1. The minimum absolute atomic E-state index is 0.0528. The van der Waals surface area contributed by atoms with E-state index in [1.807, 2.05) is 11.8 Å². The van der Waals surface area contributed by atoms with Gasteiger partial charge in [0.05, 0.1) is 22.6 Å². The summed E-state index contributed by atoms with van der Waals surface area (Å²) in [5.41, 5.74) is 1.25. The highest BCUT2D eigenvalue weighted by atomic mass is 32.2. The number of hydrazone groups is 1. The number of Topliss-reactive ketones (excluding diaryl/α,β-unsaturated/α-hetero) is 1. The molecule has 1 atom stereocenters. The van der Waals surface area contributed by atoms with Crippen LogP contribution in [-0.4, -0.2) is 45.1 Å². The van der Waals surface area contributed by atoms with Crippen molar-refractivity contribution in [1.82, 2.24) is 4.90 Å². The number of rotatable bonds is 4. The summed E-state index contributed by atoms with van der Waals surface area (Å²) >= 11 is 2.44. The first-order valence-corrected chi connectivity index (χ1v) is 9.40. The lowest BCUT2D eigenvalue weighted by Crippen LogP contribution is -2.47. The molecule has 0 saturated carbocycles. The van der Waals surface area contributed by atoms with Crippen molar-refractivity contribution in [2.24, 2.45) is 5.10 Å². The van der Waals surface area contributed by atoms with Gasteiger partial charge in [0.15, 0.2) is 5.78 Å². The third-order valence-electron chi connectivity index (χ3n) is 4.16. The largest absolute Gasteiger partial charge is 0.464 e. The first-order chi connectivity index (χ1) is 12.7. The quantitative estimate of drug-likeness (QED) is 0.422. The van der Waals surface area contributed by atoms with Gasteiger partial charge >= 0.3 is 5.97 Å². The van der Waals surface area contributed by atoms with Crippen molar-refractivity contribution in [3.8, 4) is 0 Å². The maximum Gasteiger partial charge on any atom is 0.365 e. The summed E-state index contributed by atoms with van der Waals surface area (Å²) in [4.78, 5) is 37.0. The third kappa shape index (κ3) is 3.06. The zero-order valence-electron chi connectivity index (χ0n) is 15.0. The highest BCUT2D eigenvalue weighted by Crippen LogP contribution is 2.58. The molecule has 1 aromatic rings. The Morgan fingerprint density at radius 2 is 1.89 bits per heavy atom. The average Bonchev–Trinajstić information content (AvgIpc) is 3.15. The highest BCUT2D eigenvalue weighted by Gasteiger charge is 2.56. The molecule has 0 N–H and O–H groups in total. The Kier molecular flexibility index (Phi) is 4.91. The molecule has 2 aliphatic rings. The van der Waals surface area contributed by atoms with Crippen LogP contribution in [0.2, 0.25) is 0 Å². The zero-order valence-corrected chi connectivity index (χ0v) is 16.6. The number of nitro benzene ring substituents is 1. The molecule has 0 aliphatic carbocycles. The third-order valence-corrected chi connectivity index (χ3v) is 7.32. The average molecular weight is 408 g/mol. The summed E-state index contributed by atoms with van der Waals surface area (Å²) in [6.45, 7) is 3.31. The first-order valence-electron chi connectivity index (χ1n) is 7.76. The summed E-state index contributed by atoms with van der Waals surface area (Å²) in [7, 11) is 3.07. The monoisotopic (exact) mass is 408 g/mol. The first kappa shape index (κ1) is 19.2. The Bertz CT molecular complexity index is 899. The fourth-order valence-corrected chi connectivity index (χ4v) is 5.59. The fourth-order valence-electron chi connectivity index (χ4n) is 2.69. The summed E-state index contributed by atoms with van der Waals surface area (Å²) < 4.78 is 3.85. The van der Waals surface area contributed by atoms with Crippen molar-refractivity contribution in [3.63, 3.8) is 0 Å². The van der Waals surface area contributed by atoms with Gasteiger partial charge < -0.3 is 9.64 Å². The van der Waals surface area contributed by atoms with E-state index in [9.17, 15) is 19.7 Å². The number of anilines is 1. The van der Waals surface area contributed by atoms with Gasteiger partial charge in [-0.25, -0.2) is 9.80 Å². The van der Waals surface area contributed by atoms with E-state index >= 15 is 0 Å². The van der Waals surface area contributed by atoms with Gasteiger partial charge in [0.25, 0.3) is 5.69 Å². The summed E-state index contributed by atoms with van der Waals surface area (Å²) in [6.07, 6.45) is 0. The van der Waals surface area contributed by atoms with Crippen molar-refractivity contribution in [2.45, 2.75) is 18.2 Å². The van der Waals surface area contributed by atoms with Crippen LogP contribution in [0.25, 0.3) is 0 Å². The molecule has 11 heteroatoms. The predicted molar refractivity (Wildman–Crippen MR) is 104 cm³/mol. The molecule has 1 aromatic carbocycles. The van der Waals surface area contributed by atoms with E-state index in [-0.39, 0.29) is 16.5 Å². The second-order valence-corrected chi connectivity index (χ2v) is 8.36. The molecule has 1 spiro atoms. The lowest BCUT2D eigenvalue weighted by atomic mass is 10.3. The maximum atomic E-state index is 12.1. The number of hydrogen-bond acceptors (Lipinski definition) is 10. The Morgan fingerprint density at radius 1 is 1.26 bits per heavy atom. The van der Waals surface area contributed by atoms with E-state index in [0.29, 0.717) is 10.6 Å². The van der Waals surface area contributed by atoms with Gasteiger partial charge in [-0.05, 0) is 37.7 Å². The number of ketones is 1. The number of benzene rings is 1. The standard InChI is InChI=1S/C16H16N4O5S2/c1-9-13(10(2)21)26-16(18(9)3)19(17-14(27-16)15(22)25-4)11-5-7-12(8-6-11)20(23)24/h5-8H,1-4H3/t16-/m0/s1. The van der Waals surface area contributed by atoms with E-state index < -0.39 is 15.2 Å². The van der Waals surface area contributed by atoms with Crippen LogP contribution in [0.5, 0.6) is 0 Å². The number of nitrogens with zero attached hydrogens (tertiary/aromatic N) is 4. The van der Waals surface area contributed by atoms with Crippen LogP contribution in [0.15, 0.2) is 40.0 Å². The molecule has 0 unspecified atom stereocenters. The molecule has 142 valence electrons. The van der Waals surface area contributed by atoms with Crippen LogP contribution in [0.3, 0.4) is 0 Å². The molecule has 9 nitrogen and oxygen atoms in total. The zero-order chi connectivity index (χ0) is 19.9. The van der Waals surface area contributed by atoms with Crippen LogP contribution in [-0.2, 0) is 14.3 Å². The van der Waals surface area contributed by atoms with Crippen molar-refractivity contribution in [1.29, 1.82) is 0 Å². The van der Waals surface area contributed by atoms with Crippen molar-refractivity contribution in [2.75, 3.05) is 19.2 Å². The SMILES string of the molecule is COC(=O)C1=NN(c2ccc([N+](=O)[O-])cc2)[C@]2(S1)SC(C(C)=O)=C(C)N2C. The lowest BCUT2D eigenvalue weighted by molar-refractivity contribution is -0.384. The Hall–Kier alpha value is -2.53. The van der Waals surface area contributed by atoms with Gasteiger partial charge in [-0.1, -0.05) is 11.8 Å². The van der Waals surface area contributed by atoms with Crippen LogP contribution in [0.4, 0.5) is 11.4 Å². The number of methoxy groups -OCH3 is 1. The Morgan fingerprint density at radius 3 is 2.37 bits per heavy atom. The van der Waals surface area contributed by atoms with Crippen molar-refractivity contribution in [3.05, 3.63) is 45.0 Å². The van der Waals surface area contributed by atoms with Gasteiger partial charge in [-0.2, -0.15) is 5.10 Å². The second kappa shape index (κ2) is 6.89. The van der Waals surface area contributed by atoms with Crippen LogP contribution >= 0.6 is 23.5 Å². The summed E-state index contributed by atoms with van der Waals surface area (Å²) in [6, 6.07) is 5.84. The molecular weight excluding hydrogens is 392 g/mol. The topological polar surface area (TPSA) is 105 Å². The minimum Gasteiger partial charge on any atom is -0.464 e. The van der Waals surface area contributed by atoms with E-state index in [4.69, 9.17) is 4.74 Å². The van der Waals surface area contributed by atoms with Gasteiger partial charge in [-0.15, -0.1) is 0 Å². The predicted octanol–water partition coefficient (Wildman–Crippen LogP) is 2.74. The van der Waals surface area contributed by atoms with Gasteiger partial charge in [0, 0.05) is 24.9 Å². The number of hydrogen-bond donors (Lipinski definition) is 0. The number of thioether (sulfide) groups is 2. The molecule has 2 aliphatic heterocycles. The van der Waals surface area contributed by atoms with Crippen molar-refractivity contribution >= 4 is 51.7 Å². The molecule has 0 fully saturated rings. The smallest absolute Gasteiger partial charge is 0.365 e. The van der Waals surface area contributed by atoms with Crippen LogP contribution in [0, 0.1) is 10.1 Å². The molecular formula is C16H16N4O5S2. The minimum atomic E-state index is -0.940. The van der Waals surface area contributed by atoms with Gasteiger partial charge in [0.2, 0.25) is 9.37 Å². The molecule has 0 bridgehead atoms. The summed E-state index contributed by atoms with van der Waals surface area (Å²) in [5, 5.41) is 17.0. The molecule has 0 saturated heterocycles. The number of esters is 1. The van der Waals surface area contributed by atoms with Crippen LogP contribution in [0.1, 0.15) is 13.8 Å². The normalized spacial score (nSPS) is 21.7. The number of nitro groups is 1. The van der Waals surface area contributed by atoms with E-state index in [0.717, 1.165) is 17.5 Å². The molecule has 2 heterocycles. The van der Waals surface area contributed by atoms with Crippen molar-refractivity contribution < 1.29 is 19.2 Å². The van der Waals surface area contributed by atoms with E-state index in [1.54, 1.807) is 24.2 Å². The van der Waals surface area contributed by atoms with E-state index in [2.05, 4.69) is 5.10 Å². The molecule has 0 aromatic heterocycles. The van der Waals surface area contributed by atoms with E-state index in [1.165, 1.54) is 37.9 Å².